The average molecular weight is 299 g/mol. The molecule has 1 unspecified atom stereocenters. The second-order valence-electron chi connectivity index (χ2n) is 4.87. The number of urea groups is 1. The molecule has 2 aliphatic heterocycles. The van der Waals surface area contributed by atoms with Gasteiger partial charge in [0.05, 0.1) is 6.20 Å². The molecule has 3 rings (SSSR count). The summed E-state index contributed by atoms with van der Waals surface area (Å²) in [6, 6.07) is -0.586. The normalized spacial score (nSPS) is 27.6. The highest BCUT2D eigenvalue weighted by molar-refractivity contribution is 7.89. The Morgan fingerprint density at radius 2 is 2.15 bits per heavy atom. The van der Waals surface area contributed by atoms with E-state index in [4.69, 9.17) is 0 Å². The van der Waals surface area contributed by atoms with Gasteiger partial charge in [-0.05, 0) is 12.8 Å². The van der Waals surface area contributed by atoms with Crippen LogP contribution in [-0.2, 0) is 14.8 Å². The molecule has 1 spiro atoms. The Kier molecular flexibility index (Phi) is 2.80. The molecule has 1 aromatic rings. The fraction of sp³-hybridized carbons (Fsp3) is 0.500. The van der Waals surface area contributed by atoms with Crippen LogP contribution in [0.1, 0.15) is 12.8 Å². The maximum atomic E-state index is 12.4. The lowest BCUT2D eigenvalue weighted by Crippen LogP contribution is -2.59. The van der Waals surface area contributed by atoms with Gasteiger partial charge in [-0.3, -0.25) is 15.2 Å². The van der Waals surface area contributed by atoms with Crippen molar-refractivity contribution in [3.8, 4) is 0 Å². The molecule has 3 heterocycles. The van der Waals surface area contributed by atoms with Gasteiger partial charge in [0.2, 0.25) is 10.0 Å². The lowest BCUT2D eigenvalue weighted by molar-refractivity contribution is -0.125. The van der Waals surface area contributed by atoms with Gasteiger partial charge in [-0.1, -0.05) is 0 Å². The van der Waals surface area contributed by atoms with Crippen LogP contribution < -0.4 is 10.6 Å². The van der Waals surface area contributed by atoms with Gasteiger partial charge in [0.25, 0.3) is 5.91 Å². The predicted octanol–water partition coefficient (Wildman–Crippen LogP) is -1.23. The summed E-state index contributed by atoms with van der Waals surface area (Å²) in [5, 5.41) is 10.8. The van der Waals surface area contributed by atoms with Crippen LogP contribution in [-0.4, -0.2) is 53.5 Å². The standard InChI is InChI=1S/C10H13N5O4S/c16-8-10(14-9(17)13-8)2-1-3-15(6-10)20(18,19)7-4-11-12-5-7/h4-5H,1-3,6H2,(H,11,12)(H2,13,14,16,17). The van der Waals surface area contributed by atoms with E-state index in [0.29, 0.717) is 19.4 Å². The van der Waals surface area contributed by atoms with Gasteiger partial charge in [0.15, 0.2) is 0 Å². The summed E-state index contributed by atoms with van der Waals surface area (Å²) in [5.74, 6) is -0.477. The van der Waals surface area contributed by atoms with Crippen LogP contribution in [0.15, 0.2) is 17.3 Å². The second-order valence-corrected chi connectivity index (χ2v) is 6.80. The smallest absolute Gasteiger partial charge is 0.322 e. The van der Waals surface area contributed by atoms with Crippen molar-refractivity contribution in [1.29, 1.82) is 0 Å². The molecular formula is C10H13N5O4S. The SMILES string of the molecule is O=C1NC(=O)C2(CCCN(S(=O)(=O)c3cn[nH]c3)C2)N1. The number of aromatic amines is 1. The van der Waals surface area contributed by atoms with Gasteiger partial charge in [0.1, 0.15) is 10.4 Å². The molecule has 1 aromatic heterocycles. The molecule has 0 aliphatic carbocycles. The van der Waals surface area contributed by atoms with Crippen molar-refractivity contribution in [1.82, 2.24) is 25.1 Å². The van der Waals surface area contributed by atoms with Crippen molar-refractivity contribution in [3.63, 3.8) is 0 Å². The zero-order chi connectivity index (χ0) is 14.4. The Balaban J connectivity index is 1.90. The van der Waals surface area contributed by atoms with E-state index in [-0.39, 0.29) is 11.4 Å². The van der Waals surface area contributed by atoms with E-state index < -0.39 is 27.5 Å². The van der Waals surface area contributed by atoms with Crippen molar-refractivity contribution in [2.24, 2.45) is 0 Å². The van der Waals surface area contributed by atoms with Gasteiger partial charge < -0.3 is 5.32 Å². The molecular weight excluding hydrogens is 286 g/mol. The molecule has 2 fully saturated rings. The number of amides is 3. The highest BCUT2D eigenvalue weighted by Crippen LogP contribution is 2.28. The minimum Gasteiger partial charge on any atom is -0.322 e. The number of nitrogens with one attached hydrogen (secondary N) is 3. The Bertz CT molecular complexity index is 655. The number of H-pyrrole nitrogens is 1. The first-order chi connectivity index (χ1) is 9.44. The first-order valence-electron chi connectivity index (χ1n) is 6.07. The molecule has 2 saturated heterocycles. The fourth-order valence-corrected chi connectivity index (χ4v) is 4.01. The molecule has 1 atom stereocenters. The number of hydrogen-bond acceptors (Lipinski definition) is 5. The van der Waals surface area contributed by atoms with Crippen molar-refractivity contribution in [2.75, 3.05) is 13.1 Å². The van der Waals surface area contributed by atoms with Gasteiger partial charge in [-0.25, -0.2) is 13.2 Å². The van der Waals surface area contributed by atoms with E-state index in [2.05, 4.69) is 20.8 Å². The molecule has 0 radical (unpaired) electrons. The van der Waals surface area contributed by atoms with Crippen LogP contribution >= 0.6 is 0 Å². The second kappa shape index (κ2) is 4.28. The summed E-state index contributed by atoms with van der Waals surface area (Å²) in [7, 11) is -3.71. The highest BCUT2D eigenvalue weighted by Gasteiger charge is 2.50. The molecule has 20 heavy (non-hydrogen) atoms. The summed E-state index contributed by atoms with van der Waals surface area (Å²) < 4.78 is 26.0. The number of carbonyl (C=O) groups is 2. The van der Waals surface area contributed by atoms with E-state index in [1.54, 1.807) is 0 Å². The topological polar surface area (TPSA) is 124 Å². The molecule has 3 amide bonds. The third kappa shape index (κ3) is 1.88. The van der Waals surface area contributed by atoms with Crippen molar-refractivity contribution in [3.05, 3.63) is 12.4 Å². The van der Waals surface area contributed by atoms with E-state index in [9.17, 15) is 18.0 Å². The number of rotatable bonds is 2. The third-order valence-electron chi connectivity index (χ3n) is 3.58. The van der Waals surface area contributed by atoms with E-state index in [1.807, 2.05) is 0 Å². The summed E-state index contributed by atoms with van der Waals surface area (Å²) in [6.07, 6.45) is 3.40. The third-order valence-corrected chi connectivity index (χ3v) is 5.39. The quantitative estimate of drug-likeness (QED) is 0.590. The van der Waals surface area contributed by atoms with Crippen LogP contribution in [0, 0.1) is 0 Å². The van der Waals surface area contributed by atoms with Crippen LogP contribution in [0.25, 0.3) is 0 Å². The lowest BCUT2D eigenvalue weighted by Gasteiger charge is -2.36. The minimum atomic E-state index is -3.71. The monoisotopic (exact) mass is 299 g/mol. The molecule has 108 valence electrons. The van der Waals surface area contributed by atoms with Gasteiger partial charge in [-0.2, -0.15) is 9.40 Å². The van der Waals surface area contributed by atoms with Gasteiger partial charge >= 0.3 is 6.03 Å². The molecule has 0 bridgehead atoms. The Labute approximate surface area is 114 Å². The fourth-order valence-electron chi connectivity index (χ4n) is 2.57. The predicted molar refractivity (Wildman–Crippen MR) is 66.0 cm³/mol. The Morgan fingerprint density at radius 3 is 2.75 bits per heavy atom. The first-order valence-corrected chi connectivity index (χ1v) is 7.51. The van der Waals surface area contributed by atoms with E-state index in [1.165, 1.54) is 16.7 Å². The van der Waals surface area contributed by atoms with Crippen LogP contribution in [0.2, 0.25) is 0 Å². The number of sulfonamides is 1. The summed E-state index contributed by atoms with van der Waals surface area (Å²) in [4.78, 5) is 23.2. The first kappa shape index (κ1) is 13.1. The molecule has 9 nitrogen and oxygen atoms in total. The minimum absolute atomic E-state index is 0.0410. The molecule has 10 heteroatoms. The molecule has 0 aromatic carbocycles. The van der Waals surface area contributed by atoms with Crippen LogP contribution in [0.3, 0.4) is 0 Å². The average Bonchev–Trinajstić information content (AvgIpc) is 3.00. The Hall–Kier alpha value is -1.94. The number of hydrogen-bond donors (Lipinski definition) is 3. The summed E-state index contributed by atoms with van der Waals surface area (Å²) >= 11 is 0. The maximum absolute atomic E-state index is 12.4. The maximum Gasteiger partial charge on any atom is 0.322 e. The zero-order valence-electron chi connectivity index (χ0n) is 10.4. The van der Waals surface area contributed by atoms with Crippen LogP contribution in [0.5, 0.6) is 0 Å². The number of nitrogens with zero attached hydrogens (tertiary/aromatic N) is 2. The largest absolute Gasteiger partial charge is 0.322 e. The van der Waals surface area contributed by atoms with Crippen molar-refractivity contribution in [2.45, 2.75) is 23.3 Å². The number of imide groups is 1. The van der Waals surface area contributed by atoms with E-state index >= 15 is 0 Å². The highest BCUT2D eigenvalue weighted by atomic mass is 32.2. The summed E-state index contributed by atoms with van der Waals surface area (Å²) in [5.41, 5.74) is -1.16. The molecule has 0 saturated carbocycles. The number of piperidine rings is 1. The number of carbonyl (C=O) groups excluding carboxylic acids is 2. The van der Waals surface area contributed by atoms with E-state index in [0.717, 1.165) is 0 Å². The van der Waals surface area contributed by atoms with Gasteiger partial charge in [-0.15, -0.1) is 0 Å². The van der Waals surface area contributed by atoms with Gasteiger partial charge in [0, 0.05) is 19.3 Å². The van der Waals surface area contributed by atoms with Crippen molar-refractivity contribution < 1.29 is 18.0 Å². The lowest BCUT2D eigenvalue weighted by atomic mass is 9.90. The molecule has 3 N–H and O–H groups in total. The van der Waals surface area contributed by atoms with Crippen molar-refractivity contribution >= 4 is 22.0 Å². The Morgan fingerprint density at radius 1 is 1.35 bits per heavy atom. The molecule has 2 aliphatic rings. The number of aromatic nitrogens is 2. The van der Waals surface area contributed by atoms with Crippen LogP contribution in [0.4, 0.5) is 4.79 Å². The summed E-state index contributed by atoms with van der Waals surface area (Å²) in [6.45, 7) is 0.233. The zero-order valence-corrected chi connectivity index (χ0v) is 11.2.